The summed E-state index contributed by atoms with van der Waals surface area (Å²) < 4.78 is 0. The summed E-state index contributed by atoms with van der Waals surface area (Å²) >= 11 is 7.89. The highest BCUT2D eigenvalue weighted by molar-refractivity contribution is 7.99. The Morgan fingerprint density at radius 1 is 1.47 bits per heavy atom. The number of nitrogens with one attached hydrogen (secondary N) is 1. The van der Waals surface area contributed by atoms with Crippen molar-refractivity contribution in [1.82, 2.24) is 0 Å². The van der Waals surface area contributed by atoms with E-state index in [1.54, 1.807) is 6.07 Å². The molecule has 0 radical (unpaired) electrons. The molecular formula is C13H15ClN2S. The van der Waals surface area contributed by atoms with E-state index in [1.165, 1.54) is 25.0 Å². The Hall–Kier alpha value is -0.850. The molecule has 0 aromatic heterocycles. The van der Waals surface area contributed by atoms with Gasteiger partial charge in [0.2, 0.25) is 0 Å². The zero-order valence-corrected chi connectivity index (χ0v) is 11.2. The van der Waals surface area contributed by atoms with Gasteiger partial charge in [-0.05, 0) is 36.8 Å². The van der Waals surface area contributed by atoms with E-state index in [2.05, 4.69) is 11.4 Å². The van der Waals surface area contributed by atoms with Crippen LogP contribution < -0.4 is 5.32 Å². The molecule has 1 N–H and O–H groups in total. The summed E-state index contributed by atoms with van der Waals surface area (Å²) in [6.07, 6.45) is 3.93. The first kappa shape index (κ1) is 12.6. The summed E-state index contributed by atoms with van der Waals surface area (Å²) in [7, 11) is 0. The van der Waals surface area contributed by atoms with Gasteiger partial charge >= 0.3 is 0 Å². The number of hydrogen-bond acceptors (Lipinski definition) is 3. The smallest absolute Gasteiger partial charge is 0.101 e. The number of hydrogen-bond donors (Lipinski definition) is 1. The van der Waals surface area contributed by atoms with Gasteiger partial charge in [-0.3, -0.25) is 0 Å². The third kappa shape index (κ3) is 3.55. The maximum Gasteiger partial charge on any atom is 0.101 e. The molecule has 0 saturated carbocycles. The van der Waals surface area contributed by atoms with Crippen molar-refractivity contribution in [2.45, 2.75) is 24.5 Å². The van der Waals surface area contributed by atoms with Gasteiger partial charge < -0.3 is 5.32 Å². The Labute approximate surface area is 111 Å². The standard InChI is InChI=1S/C13H15ClN2S/c14-11-4-5-13(10(7-11)8-15)16-9-12-3-1-2-6-17-12/h4-5,7,12,16H,1-3,6,9H2. The number of halogens is 1. The van der Waals surface area contributed by atoms with Crippen LogP contribution in [0, 0.1) is 11.3 Å². The van der Waals surface area contributed by atoms with Crippen LogP contribution in [0.2, 0.25) is 5.02 Å². The summed E-state index contributed by atoms with van der Waals surface area (Å²) in [5.41, 5.74) is 1.52. The van der Waals surface area contributed by atoms with Crippen molar-refractivity contribution in [3.05, 3.63) is 28.8 Å². The molecule has 2 nitrogen and oxygen atoms in total. The molecule has 1 heterocycles. The second-order valence-corrected chi connectivity index (χ2v) is 6.02. The van der Waals surface area contributed by atoms with Gasteiger partial charge in [-0.15, -0.1) is 0 Å². The molecule has 1 atom stereocenters. The van der Waals surface area contributed by atoms with Crippen molar-refractivity contribution < 1.29 is 0 Å². The Morgan fingerprint density at radius 3 is 3.06 bits per heavy atom. The van der Waals surface area contributed by atoms with Crippen LogP contribution in [-0.2, 0) is 0 Å². The minimum absolute atomic E-state index is 0.610. The minimum atomic E-state index is 0.610. The van der Waals surface area contributed by atoms with Crippen LogP contribution >= 0.6 is 23.4 Å². The molecule has 17 heavy (non-hydrogen) atoms. The lowest BCUT2D eigenvalue weighted by molar-refractivity contribution is 0.677. The molecule has 1 aliphatic rings. The van der Waals surface area contributed by atoms with E-state index >= 15 is 0 Å². The Balaban J connectivity index is 1.96. The van der Waals surface area contributed by atoms with Gasteiger partial charge in [-0.25, -0.2) is 0 Å². The molecule has 4 heteroatoms. The lowest BCUT2D eigenvalue weighted by atomic mass is 10.1. The molecule has 0 bridgehead atoms. The highest BCUT2D eigenvalue weighted by atomic mass is 35.5. The zero-order chi connectivity index (χ0) is 12.1. The van der Waals surface area contributed by atoms with Crippen LogP contribution in [0.25, 0.3) is 0 Å². The topological polar surface area (TPSA) is 35.8 Å². The second-order valence-electron chi connectivity index (χ2n) is 4.17. The molecule has 90 valence electrons. The number of nitriles is 1. The fourth-order valence-corrected chi connectivity index (χ4v) is 3.37. The number of rotatable bonds is 3. The first-order chi connectivity index (χ1) is 8.29. The number of benzene rings is 1. The monoisotopic (exact) mass is 266 g/mol. The molecule has 1 saturated heterocycles. The van der Waals surface area contributed by atoms with Crippen molar-refractivity contribution in [2.24, 2.45) is 0 Å². The first-order valence-electron chi connectivity index (χ1n) is 5.85. The molecule has 2 rings (SSSR count). The third-order valence-electron chi connectivity index (χ3n) is 2.90. The van der Waals surface area contributed by atoms with Crippen LogP contribution in [0.5, 0.6) is 0 Å². The van der Waals surface area contributed by atoms with Crippen LogP contribution in [0.4, 0.5) is 5.69 Å². The molecule has 1 aromatic rings. The van der Waals surface area contributed by atoms with E-state index in [0.29, 0.717) is 15.8 Å². The van der Waals surface area contributed by atoms with Gasteiger partial charge in [0.25, 0.3) is 0 Å². The summed E-state index contributed by atoms with van der Waals surface area (Å²) in [5, 5.41) is 13.7. The summed E-state index contributed by atoms with van der Waals surface area (Å²) in [4.78, 5) is 0. The Kier molecular flexibility index (Phi) is 4.58. The maximum absolute atomic E-state index is 9.03. The minimum Gasteiger partial charge on any atom is -0.383 e. The molecule has 0 amide bonds. The van der Waals surface area contributed by atoms with E-state index in [-0.39, 0.29) is 0 Å². The zero-order valence-electron chi connectivity index (χ0n) is 9.58. The highest BCUT2D eigenvalue weighted by Crippen LogP contribution is 2.26. The summed E-state index contributed by atoms with van der Waals surface area (Å²) in [5.74, 6) is 1.26. The molecule has 1 aliphatic heterocycles. The fraction of sp³-hybridized carbons (Fsp3) is 0.462. The van der Waals surface area contributed by atoms with Crippen LogP contribution in [-0.4, -0.2) is 17.5 Å². The summed E-state index contributed by atoms with van der Waals surface area (Å²) in [6, 6.07) is 7.58. The van der Waals surface area contributed by atoms with Crippen LogP contribution in [0.3, 0.4) is 0 Å². The molecule has 0 spiro atoms. The summed E-state index contributed by atoms with van der Waals surface area (Å²) in [6.45, 7) is 0.932. The SMILES string of the molecule is N#Cc1cc(Cl)ccc1NCC1CCCCS1. The van der Waals surface area contributed by atoms with Crippen molar-refractivity contribution in [2.75, 3.05) is 17.6 Å². The Morgan fingerprint density at radius 2 is 2.35 bits per heavy atom. The normalized spacial score (nSPS) is 19.6. The fourth-order valence-electron chi connectivity index (χ4n) is 1.96. The number of nitrogens with zero attached hydrogens (tertiary/aromatic N) is 1. The van der Waals surface area contributed by atoms with Gasteiger partial charge in [0.15, 0.2) is 0 Å². The van der Waals surface area contributed by atoms with E-state index in [0.717, 1.165) is 12.2 Å². The van der Waals surface area contributed by atoms with Crippen molar-refractivity contribution in [1.29, 1.82) is 5.26 Å². The average Bonchev–Trinajstić information content (AvgIpc) is 2.38. The van der Waals surface area contributed by atoms with E-state index in [1.807, 2.05) is 23.9 Å². The van der Waals surface area contributed by atoms with Crippen LogP contribution in [0.1, 0.15) is 24.8 Å². The van der Waals surface area contributed by atoms with Gasteiger partial charge in [0.05, 0.1) is 11.3 Å². The highest BCUT2D eigenvalue weighted by Gasteiger charge is 2.14. The van der Waals surface area contributed by atoms with E-state index < -0.39 is 0 Å². The number of anilines is 1. The van der Waals surface area contributed by atoms with E-state index in [9.17, 15) is 0 Å². The third-order valence-corrected chi connectivity index (χ3v) is 4.53. The average molecular weight is 267 g/mol. The van der Waals surface area contributed by atoms with Gasteiger partial charge in [-0.1, -0.05) is 18.0 Å². The van der Waals surface area contributed by atoms with Crippen molar-refractivity contribution >= 4 is 29.1 Å². The molecule has 1 fully saturated rings. The molecule has 1 unspecified atom stereocenters. The molecule has 0 aliphatic carbocycles. The van der Waals surface area contributed by atoms with Crippen molar-refractivity contribution in [3.63, 3.8) is 0 Å². The van der Waals surface area contributed by atoms with Crippen LogP contribution in [0.15, 0.2) is 18.2 Å². The van der Waals surface area contributed by atoms with E-state index in [4.69, 9.17) is 16.9 Å². The first-order valence-corrected chi connectivity index (χ1v) is 7.27. The quantitative estimate of drug-likeness (QED) is 0.901. The van der Waals surface area contributed by atoms with Gasteiger partial charge in [0, 0.05) is 16.8 Å². The largest absolute Gasteiger partial charge is 0.383 e. The lowest BCUT2D eigenvalue weighted by Gasteiger charge is -2.22. The Bertz CT molecular complexity index is 422. The lowest BCUT2D eigenvalue weighted by Crippen LogP contribution is -2.20. The molecular weight excluding hydrogens is 252 g/mol. The number of thioether (sulfide) groups is 1. The van der Waals surface area contributed by atoms with Gasteiger partial charge in [0.1, 0.15) is 6.07 Å². The maximum atomic E-state index is 9.03. The second kappa shape index (κ2) is 6.18. The predicted molar refractivity (Wildman–Crippen MR) is 74.8 cm³/mol. The van der Waals surface area contributed by atoms with Crippen molar-refractivity contribution in [3.8, 4) is 6.07 Å². The molecule has 1 aromatic carbocycles. The van der Waals surface area contributed by atoms with Gasteiger partial charge in [-0.2, -0.15) is 17.0 Å². The predicted octanol–water partition coefficient (Wildman–Crippen LogP) is 3.91.